The average molecular weight is 303 g/mol. The number of alkyl carbamates (subject to hydrolysis) is 1. The second-order valence-electron chi connectivity index (χ2n) is 6.06. The van der Waals surface area contributed by atoms with Crippen LogP contribution in [-0.2, 0) is 11.2 Å². The van der Waals surface area contributed by atoms with Gasteiger partial charge in [0.1, 0.15) is 5.60 Å². The lowest BCUT2D eigenvalue weighted by Gasteiger charge is -2.19. The Labute approximate surface area is 129 Å². The molecule has 1 amide bonds. The van der Waals surface area contributed by atoms with Crippen molar-refractivity contribution in [3.63, 3.8) is 0 Å². The first-order valence-electron chi connectivity index (χ1n) is 7.20. The molecule has 6 nitrogen and oxygen atoms in total. The van der Waals surface area contributed by atoms with Crippen LogP contribution in [0.3, 0.4) is 0 Å². The summed E-state index contributed by atoms with van der Waals surface area (Å²) in [5, 5.41) is 6.60. The Bertz CT molecular complexity index is 627. The zero-order valence-electron chi connectivity index (χ0n) is 13.3. The predicted octanol–water partition coefficient (Wildman–Crippen LogP) is 3.11. The second kappa shape index (κ2) is 6.60. The highest BCUT2D eigenvalue weighted by molar-refractivity contribution is 5.67. The van der Waals surface area contributed by atoms with Crippen LogP contribution in [0, 0.1) is 6.92 Å². The van der Waals surface area contributed by atoms with E-state index in [2.05, 4.69) is 15.5 Å². The van der Waals surface area contributed by atoms with E-state index in [1.54, 1.807) is 0 Å². The van der Waals surface area contributed by atoms with Crippen LogP contribution >= 0.6 is 0 Å². The molecule has 0 unspecified atom stereocenters. The molecule has 0 aliphatic heterocycles. The van der Waals surface area contributed by atoms with Gasteiger partial charge in [-0.25, -0.2) is 4.79 Å². The summed E-state index contributed by atoms with van der Waals surface area (Å²) >= 11 is 0. The number of nitrogens with one attached hydrogen (secondary N) is 1. The van der Waals surface area contributed by atoms with Crippen molar-refractivity contribution in [2.24, 2.45) is 0 Å². The standard InChI is InChI=1S/C16H21N3O3/c1-11-5-7-12(8-6-11)14-18-13(22-19-14)9-10-17-15(20)21-16(2,3)4/h5-8H,9-10H2,1-4H3,(H,17,20). The maximum atomic E-state index is 11.5. The largest absolute Gasteiger partial charge is 0.444 e. The Kier molecular flexibility index (Phi) is 4.80. The van der Waals surface area contributed by atoms with Gasteiger partial charge in [-0.3, -0.25) is 0 Å². The summed E-state index contributed by atoms with van der Waals surface area (Å²) in [4.78, 5) is 15.8. The van der Waals surface area contributed by atoms with Gasteiger partial charge in [0, 0.05) is 18.5 Å². The monoisotopic (exact) mass is 303 g/mol. The first-order chi connectivity index (χ1) is 10.3. The van der Waals surface area contributed by atoms with Gasteiger partial charge in [0.25, 0.3) is 0 Å². The zero-order valence-corrected chi connectivity index (χ0v) is 13.3. The van der Waals surface area contributed by atoms with Gasteiger partial charge in [-0.2, -0.15) is 4.98 Å². The van der Waals surface area contributed by atoms with Gasteiger partial charge >= 0.3 is 6.09 Å². The maximum absolute atomic E-state index is 11.5. The fraction of sp³-hybridized carbons (Fsp3) is 0.438. The molecule has 0 radical (unpaired) electrons. The number of carbonyl (C=O) groups is 1. The third-order valence-electron chi connectivity index (χ3n) is 2.78. The molecule has 0 atom stereocenters. The van der Waals surface area contributed by atoms with Gasteiger partial charge in [0.2, 0.25) is 11.7 Å². The van der Waals surface area contributed by atoms with Gasteiger partial charge in [0.15, 0.2) is 0 Å². The minimum atomic E-state index is -0.507. The Morgan fingerprint density at radius 1 is 1.27 bits per heavy atom. The molecular formula is C16H21N3O3. The van der Waals surface area contributed by atoms with Crippen molar-refractivity contribution in [1.82, 2.24) is 15.5 Å². The van der Waals surface area contributed by atoms with E-state index in [1.165, 1.54) is 5.56 Å². The Morgan fingerprint density at radius 2 is 1.95 bits per heavy atom. The first-order valence-corrected chi connectivity index (χ1v) is 7.20. The zero-order chi connectivity index (χ0) is 16.2. The van der Waals surface area contributed by atoms with Crippen LogP contribution in [0.15, 0.2) is 28.8 Å². The first kappa shape index (κ1) is 16.0. The number of aromatic nitrogens is 2. The third-order valence-corrected chi connectivity index (χ3v) is 2.78. The summed E-state index contributed by atoms with van der Waals surface area (Å²) in [6.45, 7) is 7.85. The molecule has 1 aromatic heterocycles. The van der Waals surface area contributed by atoms with E-state index in [0.717, 1.165) is 5.56 Å². The second-order valence-corrected chi connectivity index (χ2v) is 6.06. The number of benzene rings is 1. The molecule has 2 aromatic rings. The van der Waals surface area contributed by atoms with E-state index in [0.29, 0.717) is 24.7 Å². The Balaban J connectivity index is 1.85. The molecule has 1 aromatic carbocycles. The Morgan fingerprint density at radius 3 is 2.59 bits per heavy atom. The van der Waals surface area contributed by atoms with Gasteiger partial charge in [0.05, 0.1) is 0 Å². The lowest BCUT2D eigenvalue weighted by atomic mass is 10.1. The SMILES string of the molecule is Cc1ccc(-c2noc(CCNC(=O)OC(C)(C)C)n2)cc1. The molecule has 0 fully saturated rings. The maximum Gasteiger partial charge on any atom is 0.407 e. The van der Waals surface area contributed by atoms with Crippen LogP contribution in [-0.4, -0.2) is 28.4 Å². The van der Waals surface area contributed by atoms with Gasteiger partial charge < -0.3 is 14.6 Å². The highest BCUT2D eigenvalue weighted by Crippen LogP contribution is 2.16. The molecule has 0 saturated heterocycles. The molecule has 1 heterocycles. The molecule has 2 rings (SSSR count). The summed E-state index contributed by atoms with van der Waals surface area (Å²) < 4.78 is 10.3. The van der Waals surface area contributed by atoms with Crippen molar-refractivity contribution in [2.75, 3.05) is 6.54 Å². The number of carbonyl (C=O) groups excluding carboxylic acids is 1. The molecule has 0 aliphatic carbocycles. The summed E-state index contributed by atoms with van der Waals surface area (Å²) in [7, 11) is 0. The minimum absolute atomic E-state index is 0.379. The summed E-state index contributed by atoms with van der Waals surface area (Å²) in [6.07, 6.45) is 0.00346. The van der Waals surface area contributed by atoms with E-state index in [9.17, 15) is 4.79 Å². The molecule has 118 valence electrons. The average Bonchev–Trinajstić information content (AvgIpc) is 2.86. The lowest BCUT2D eigenvalue weighted by molar-refractivity contribution is 0.0527. The molecule has 0 aliphatic rings. The number of rotatable bonds is 4. The number of amides is 1. The van der Waals surface area contributed by atoms with Crippen LogP contribution in [0.5, 0.6) is 0 Å². The summed E-state index contributed by atoms with van der Waals surface area (Å²) in [5.41, 5.74) is 1.57. The van der Waals surface area contributed by atoms with E-state index in [-0.39, 0.29) is 0 Å². The van der Waals surface area contributed by atoms with Crippen LogP contribution < -0.4 is 5.32 Å². The number of ether oxygens (including phenoxy) is 1. The van der Waals surface area contributed by atoms with E-state index in [1.807, 2.05) is 52.0 Å². The lowest BCUT2D eigenvalue weighted by Crippen LogP contribution is -2.33. The van der Waals surface area contributed by atoms with E-state index < -0.39 is 11.7 Å². The fourth-order valence-electron chi connectivity index (χ4n) is 1.76. The molecule has 0 spiro atoms. The predicted molar refractivity (Wildman–Crippen MR) is 82.4 cm³/mol. The molecule has 0 saturated carbocycles. The van der Waals surface area contributed by atoms with Crippen LogP contribution in [0.25, 0.3) is 11.4 Å². The van der Waals surface area contributed by atoms with Crippen molar-refractivity contribution in [1.29, 1.82) is 0 Å². The van der Waals surface area contributed by atoms with Crippen molar-refractivity contribution in [2.45, 2.75) is 39.7 Å². The molecular weight excluding hydrogens is 282 g/mol. The smallest absolute Gasteiger partial charge is 0.407 e. The van der Waals surface area contributed by atoms with Gasteiger partial charge in [-0.1, -0.05) is 35.0 Å². The third kappa shape index (κ3) is 4.87. The van der Waals surface area contributed by atoms with Crippen LogP contribution in [0.1, 0.15) is 32.2 Å². The van der Waals surface area contributed by atoms with E-state index >= 15 is 0 Å². The quantitative estimate of drug-likeness (QED) is 0.939. The number of hydrogen-bond acceptors (Lipinski definition) is 5. The molecule has 22 heavy (non-hydrogen) atoms. The highest BCUT2D eigenvalue weighted by Gasteiger charge is 2.16. The van der Waals surface area contributed by atoms with Crippen molar-refractivity contribution in [3.8, 4) is 11.4 Å². The van der Waals surface area contributed by atoms with Crippen LogP contribution in [0.2, 0.25) is 0 Å². The highest BCUT2D eigenvalue weighted by atomic mass is 16.6. The van der Waals surface area contributed by atoms with Gasteiger partial charge in [-0.15, -0.1) is 0 Å². The van der Waals surface area contributed by atoms with Crippen LogP contribution in [0.4, 0.5) is 4.79 Å². The summed E-state index contributed by atoms with van der Waals surface area (Å²) in [5.74, 6) is 1.03. The minimum Gasteiger partial charge on any atom is -0.444 e. The number of nitrogens with zero attached hydrogens (tertiary/aromatic N) is 2. The number of hydrogen-bond donors (Lipinski definition) is 1. The fourth-order valence-corrected chi connectivity index (χ4v) is 1.76. The topological polar surface area (TPSA) is 77.2 Å². The molecule has 0 bridgehead atoms. The molecule has 1 N–H and O–H groups in total. The number of aryl methyl sites for hydroxylation is 1. The van der Waals surface area contributed by atoms with Crippen molar-refractivity contribution >= 4 is 6.09 Å². The molecule has 6 heteroatoms. The summed E-state index contributed by atoms with van der Waals surface area (Å²) in [6, 6.07) is 7.89. The van der Waals surface area contributed by atoms with Crippen molar-refractivity contribution < 1.29 is 14.1 Å². The van der Waals surface area contributed by atoms with E-state index in [4.69, 9.17) is 9.26 Å². The Hall–Kier alpha value is -2.37. The normalized spacial score (nSPS) is 11.3. The van der Waals surface area contributed by atoms with Crippen molar-refractivity contribution in [3.05, 3.63) is 35.7 Å². The van der Waals surface area contributed by atoms with Gasteiger partial charge in [-0.05, 0) is 27.7 Å².